The van der Waals surface area contributed by atoms with E-state index in [1.165, 1.54) is 0 Å². The van der Waals surface area contributed by atoms with Gasteiger partial charge >= 0.3 is 16.4 Å². The van der Waals surface area contributed by atoms with Crippen molar-refractivity contribution in [3.63, 3.8) is 0 Å². The molecule has 0 aromatic heterocycles. The van der Waals surface area contributed by atoms with Gasteiger partial charge in [-0.2, -0.15) is 8.42 Å². The van der Waals surface area contributed by atoms with E-state index in [1.807, 2.05) is 30.3 Å². The van der Waals surface area contributed by atoms with Gasteiger partial charge in [-0.05, 0) is 5.56 Å². The molecular formula is C13H16O8S. The van der Waals surface area contributed by atoms with Crippen molar-refractivity contribution < 1.29 is 36.5 Å². The Labute approximate surface area is 127 Å². The maximum Gasteiger partial charge on any atom is 0.397 e. The Morgan fingerprint density at radius 3 is 2.55 bits per heavy atom. The van der Waals surface area contributed by atoms with E-state index in [0.717, 1.165) is 5.56 Å². The predicted molar refractivity (Wildman–Crippen MR) is 73.4 cm³/mol. The molecule has 1 aliphatic heterocycles. The van der Waals surface area contributed by atoms with E-state index in [0.29, 0.717) is 0 Å². The molecule has 0 saturated carbocycles. The predicted octanol–water partition coefficient (Wildman–Crippen LogP) is 0.633. The summed E-state index contributed by atoms with van der Waals surface area (Å²) in [6.07, 6.45) is -3.13. The second-order valence-corrected chi connectivity index (χ2v) is 5.84. The molecule has 2 unspecified atom stereocenters. The molecule has 1 aliphatic rings. The van der Waals surface area contributed by atoms with Gasteiger partial charge in [-0.15, -0.1) is 0 Å². The Morgan fingerprint density at radius 1 is 1.27 bits per heavy atom. The molecule has 122 valence electrons. The maximum atomic E-state index is 11.0. The van der Waals surface area contributed by atoms with Gasteiger partial charge in [0.2, 0.25) is 0 Å². The molecule has 9 heteroatoms. The highest BCUT2D eigenvalue weighted by Crippen LogP contribution is 2.22. The van der Waals surface area contributed by atoms with Crippen molar-refractivity contribution in [1.82, 2.24) is 0 Å². The lowest BCUT2D eigenvalue weighted by Crippen LogP contribution is -2.47. The first-order valence-corrected chi connectivity index (χ1v) is 7.87. The molecule has 1 saturated heterocycles. The summed E-state index contributed by atoms with van der Waals surface area (Å²) in [7, 11) is -4.68. The summed E-state index contributed by atoms with van der Waals surface area (Å²) in [5.41, 5.74) is 0.839. The second kappa shape index (κ2) is 7.16. The summed E-state index contributed by atoms with van der Waals surface area (Å²) in [4.78, 5) is 11.0. The highest BCUT2D eigenvalue weighted by atomic mass is 32.3. The Hall–Kier alpha value is -1.52. The van der Waals surface area contributed by atoms with E-state index >= 15 is 0 Å². The van der Waals surface area contributed by atoms with Gasteiger partial charge < -0.3 is 14.6 Å². The highest BCUT2D eigenvalue weighted by molar-refractivity contribution is 7.80. The van der Waals surface area contributed by atoms with Crippen molar-refractivity contribution in [2.75, 3.05) is 6.61 Å². The number of carboxylic acid groups (broad SMARTS) is 1. The Balaban J connectivity index is 2.04. The molecule has 3 atom stereocenters. The van der Waals surface area contributed by atoms with Crippen LogP contribution in [0.2, 0.25) is 0 Å². The number of hydrogen-bond donors (Lipinski definition) is 2. The maximum absolute atomic E-state index is 11.0. The molecule has 0 radical (unpaired) electrons. The zero-order chi connectivity index (χ0) is 16.2. The van der Waals surface area contributed by atoms with Crippen LogP contribution in [0.4, 0.5) is 0 Å². The summed E-state index contributed by atoms with van der Waals surface area (Å²) < 4.78 is 45.5. The van der Waals surface area contributed by atoms with Crippen molar-refractivity contribution in [3.05, 3.63) is 35.9 Å². The van der Waals surface area contributed by atoms with Gasteiger partial charge in [0.05, 0.1) is 19.3 Å². The summed E-state index contributed by atoms with van der Waals surface area (Å²) in [5, 5.41) is 8.97. The lowest BCUT2D eigenvalue weighted by Gasteiger charge is -2.33. The number of aliphatic carboxylic acids is 1. The summed E-state index contributed by atoms with van der Waals surface area (Å²) in [6, 6.07) is 9.09. The molecule has 0 bridgehead atoms. The molecule has 1 fully saturated rings. The van der Waals surface area contributed by atoms with Gasteiger partial charge in [0.1, 0.15) is 6.10 Å². The summed E-state index contributed by atoms with van der Waals surface area (Å²) in [6.45, 7) is -0.153. The van der Waals surface area contributed by atoms with Crippen molar-refractivity contribution in [3.8, 4) is 0 Å². The second-order valence-electron chi connectivity index (χ2n) is 4.79. The third kappa shape index (κ3) is 5.04. The normalized spacial score (nSPS) is 25.8. The topological polar surface area (TPSA) is 119 Å². The minimum Gasteiger partial charge on any atom is -0.479 e. The lowest BCUT2D eigenvalue weighted by atomic mass is 10.0. The van der Waals surface area contributed by atoms with E-state index in [4.69, 9.17) is 19.1 Å². The summed E-state index contributed by atoms with van der Waals surface area (Å²) >= 11 is 0. The average molecular weight is 332 g/mol. The van der Waals surface area contributed by atoms with E-state index < -0.39 is 34.7 Å². The SMILES string of the molecule is O=C(O)C1C[C@@H](OCc2ccccc2)C(OS(=O)(=O)O)CO1. The number of benzene rings is 1. The quantitative estimate of drug-likeness (QED) is 0.728. The van der Waals surface area contributed by atoms with Gasteiger partial charge in [-0.25, -0.2) is 8.98 Å². The largest absolute Gasteiger partial charge is 0.479 e. The van der Waals surface area contributed by atoms with Crippen LogP contribution in [-0.2, 0) is 35.5 Å². The fourth-order valence-electron chi connectivity index (χ4n) is 2.12. The number of ether oxygens (including phenoxy) is 2. The zero-order valence-electron chi connectivity index (χ0n) is 11.5. The standard InChI is InChI=1S/C13H16O8S/c14-13(15)11-6-10(12(8-20-11)21-22(16,17)18)19-7-9-4-2-1-3-5-9/h1-5,10-12H,6-8H2,(H,14,15)(H,16,17,18)/t10-,11?,12?/m1/s1. The van der Waals surface area contributed by atoms with Gasteiger partial charge in [0, 0.05) is 6.42 Å². The smallest absolute Gasteiger partial charge is 0.397 e. The molecule has 8 nitrogen and oxygen atoms in total. The van der Waals surface area contributed by atoms with Crippen LogP contribution >= 0.6 is 0 Å². The monoisotopic (exact) mass is 332 g/mol. The van der Waals surface area contributed by atoms with E-state index in [9.17, 15) is 13.2 Å². The van der Waals surface area contributed by atoms with Crippen molar-refractivity contribution in [2.45, 2.75) is 31.3 Å². The Bertz CT molecular complexity index is 600. The van der Waals surface area contributed by atoms with E-state index in [-0.39, 0.29) is 19.6 Å². The molecule has 0 aliphatic carbocycles. The Kier molecular flexibility index (Phi) is 5.48. The number of carboxylic acids is 1. The van der Waals surface area contributed by atoms with Crippen LogP contribution in [0.15, 0.2) is 30.3 Å². The van der Waals surface area contributed by atoms with Gasteiger partial charge in [-0.3, -0.25) is 4.55 Å². The van der Waals surface area contributed by atoms with Gasteiger partial charge in [-0.1, -0.05) is 30.3 Å². The van der Waals surface area contributed by atoms with Crippen LogP contribution < -0.4 is 0 Å². The van der Waals surface area contributed by atoms with Crippen LogP contribution in [-0.4, -0.2) is 49.0 Å². The van der Waals surface area contributed by atoms with Crippen molar-refractivity contribution in [1.29, 1.82) is 0 Å². The average Bonchev–Trinajstić information content (AvgIpc) is 2.45. The van der Waals surface area contributed by atoms with Crippen LogP contribution in [0.25, 0.3) is 0 Å². The first-order chi connectivity index (χ1) is 10.3. The number of carbonyl (C=O) groups is 1. The lowest BCUT2D eigenvalue weighted by molar-refractivity contribution is -0.173. The zero-order valence-corrected chi connectivity index (χ0v) is 12.3. The molecule has 22 heavy (non-hydrogen) atoms. The molecule has 2 N–H and O–H groups in total. The molecule has 0 amide bonds. The third-order valence-corrected chi connectivity index (χ3v) is 3.64. The van der Waals surface area contributed by atoms with E-state index in [1.54, 1.807) is 0 Å². The van der Waals surface area contributed by atoms with Crippen LogP contribution in [0.5, 0.6) is 0 Å². The van der Waals surface area contributed by atoms with Crippen molar-refractivity contribution >= 4 is 16.4 Å². The Morgan fingerprint density at radius 2 is 1.95 bits per heavy atom. The number of rotatable bonds is 6. The number of hydrogen-bond acceptors (Lipinski definition) is 6. The first-order valence-electron chi connectivity index (χ1n) is 6.51. The van der Waals surface area contributed by atoms with Crippen LogP contribution in [0, 0.1) is 0 Å². The first kappa shape index (κ1) is 16.8. The fraction of sp³-hybridized carbons (Fsp3) is 0.462. The highest BCUT2D eigenvalue weighted by Gasteiger charge is 2.38. The molecule has 0 spiro atoms. The van der Waals surface area contributed by atoms with Crippen LogP contribution in [0.1, 0.15) is 12.0 Å². The molecule has 2 rings (SSSR count). The van der Waals surface area contributed by atoms with Crippen molar-refractivity contribution in [2.24, 2.45) is 0 Å². The molecular weight excluding hydrogens is 316 g/mol. The van der Waals surface area contributed by atoms with Gasteiger partial charge in [0.25, 0.3) is 0 Å². The van der Waals surface area contributed by atoms with Gasteiger partial charge in [0.15, 0.2) is 6.10 Å². The third-order valence-electron chi connectivity index (χ3n) is 3.15. The molecule has 1 aromatic carbocycles. The minimum atomic E-state index is -4.68. The fourth-order valence-corrected chi connectivity index (χ4v) is 2.61. The van der Waals surface area contributed by atoms with Crippen LogP contribution in [0.3, 0.4) is 0 Å². The molecule has 1 heterocycles. The van der Waals surface area contributed by atoms with E-state index in [2.05, 4.69) is 4.18 Å². The summed E-state index contributed by atoms with van der Waals surface area (Å²) in [5.74, 6) is -1.17. The molecule has 1 aromatic rings. The minimum absolute atomic E-state index is 0.0810.